The van der Waals surface area contributed by atoms with Crippen LogP contribution in [0.25, 0.3) is 0 Å². The molecule has 0 radical (unpaired) electrons. The van der Waals surface area contributed by atoms with Crippen molar-refractivity contribution in [3.05, 3.63) is 29.8 Å². The summed E-state index contributed by atoms with van der Waals surface area (Å²) in [7, 11) is 1.45. The summed E-state index contributed by atoms with van der Waals surface area (Å²) in [5.41, 5.74) is 5.56. The first-order chi connectivity index (χ1) is 10.1. The number of carbonyl (C=O) groups excluding carboxylic acids is 1. The highest BCUT2D eigenvalue weighted by Crippen LogP contribution is 2.20. The van der Waals surface area contributed by atoms with Gasteiger partial charge >= 0.3 is 12.0 Å². The predicted molar refractivity (Wildman–Crippen MR) is 75.6 cm³/mol. The van der Waals surface area contributed by atoms with E-state index in [0.29, 0.717) is 23.8 Å². The first-order valence-electron chi connectivity index (χ1n) is 6.24. The molecule has 2 rings (SSSR count). The molecule has 21 heavy (non-hydrogen) atoms. The Balaban J connectivity index is 2.21. The molecule has 0 spiro atoms. The molecule has 110 valence electrons. The number of nitrogens with one attached hydrogen (secondary N) is 1. The van der Waals surface area contributed by atoms with Crippen molar-refractivity contribution >= 4 is 11.9 Å². The number of rotatable bonds is 6. The van der Waals surface area contributed by atoms with Gasteiger partial charge < -0.3 is 20.5 Å². The molecule has 8 heteroatoms. The number of primary amides is 1. The minimum Gasteiger partial charge on any atom is -0.467 e. The van der Waals surface area contributed by atoms with Gasteiger partial charge in [0.25, 0.3) is 0 Å². The summed E-state index contributed by atoms with van der Waals surface area (Å²) in [5.74, 6) is 0.321. The number of carbonyl (C=O) groups is 1. The zero-order valence-electron chi connectivity index (χ0n) is 11.7. The summed E-state index contributed by atoms with van der Waals surface area (Å²) < 4.78 is 10.5. The van der Waals surface area contributed by atoms with Gasteiger partial charge in [0, 0.05) is 12.1 Å². The third-order valence-electron chi connectivity index (χ3n) is 2.46. The lowest BCUT2D eigenvalue weighted by Crippen LogP contribution is -2.10. The molecule has 1 heterocycles. The first-order valence-corrected chi connectivity index (χ1v) is 6.24. The first kappa shape index (κ1) is 14.5. The van der Waals surface area contributed by atoms with Gasteiger partial charge in [-0.2, -0.15) is 9.97 Å². The fourth-order valence-corrected chi connectivity index (χ4v) is 1.50. The van der Waals surface area contributed by atoms with Crippen LogP contribution in [0.15, 0.2) is 24.3 Å². The second kappa shape index (κ2) is 6.51. The predicted octanol–water partition coefficient (Wildman–Crippen LogP) is 1.20. The number of aromatic nitrogens is 3. The summed E-state index contributed by atoms with van der Waals surface area (Å²) in [4.78, 5) is 23.1. The van der Waals surface area contributed by atoms with E-state index < -0.39 is 5.91 Å². The molecule has 2 aromatic rings. The van der Waals surface area contributed by atoms with Crippen molar-refractivity contribution in [1.29, 1.82) is 0 Å². The standard InChI is InChI=1S/C13H15N5O3/c1-3-15-11-16-12(20-2)18-13(17-11)21-9-6-4-8(5-7-9)10(14)19/h4-7H,3H2,1-2H3,(H2,14,19)(H,15,16,17,18). The minimum atomic E-state index is -0.502. The quantitative estimate of drug-likeness (QED) is 0.821. The number of nitrogens with two attached hydrogens (primary N) is 1. The Morgan fingerprint density at radius 2 is 1.86 bits per heavy atom. The van der Waals surface area contributed by atoms with Crippen molar-refractivity contribution in [2.24, 2.45) is 5.73 Å². The molecule has 1 amide bonds. The van der Waals surface area contributed by atoms with Crippen molar-refractivity contribution in [2.45, 2.75) is 6.92 Å². The van der Waals surface area contributed by atoms with Gasteiger partial charge in [-0.3, -0.25) is 4.79 Å². The van der Waals surface area contributed by atoms with Gasteiger partial charge in [-0.15, -0.1) is 4.98 Å². The van der Waals surface area contributed by atoms with E-state index in [2.05, 4.69) is 20.3 Å². The van der Waals surface area contributed by atoms with Crippen LogP contribution in [0.3, 0.4) is 0 Å². The normalized spacial score (nSPS) is 10.0. The van der Waals surface area contributed by atoms with Crippen LogP contribution < -0.4 is 20.5 Å². The lowest BCUT2D eigenvalue weighted by Gasteiger charge is -2.08. The molecule has 0 bridgehead atoms. The number of benzene rings is 1. The van der Waals surface area contributed by atoms with Gasteiger partial charge in [0.05, 0.1) is 7.11 Å². The van der Waals surface area contributed by atoms with E-state index in [4.69, 9.17) is 15.2 Å². The van der Waals surface area contributed by atoms with Gasteiger partial charge in [0.1, 0.15) is 5.75 Å². The van der Waals surface area contributed by atoms with Crippen molar-refractivity contribution in [3.8, 4) is 17.8 Å². The van der Waals surface area contributed by atoms with Crippen LogP contribution in [-0.4, -0.2) is 34.5 Å². The molecule has 0 fully saturated rings. The van der Waals surface area contributed by atoms with Gasteiger partial charge in [-0.05, 0) is 31.2 Å². The second-order valence-corrected chi connectivity index (χ2v) is 3.95. The molecule has 0 atom stereocenters. The van der Waals surface area contributed by atoms with Crippen molar-refractivity contribution in [2.75, 3.05) is 19.0 Å². The SMILES string of the molecule is CCNc1nc(OC)nc(Oc2ccc(C(N)=O)cc2)n1. The number of methoxy groups -OCH3 is 1. The van der Waals surface area contributed by atoms with Gasteiger partial charge in [-0.25, -0.2) is 0 Å². The van der Waals surface area contributed by atoms with Crippen molar-refractivity contribution in [3.63, 3.8) is 0 Å². The van der Waals surface area contributed by atoms with Crippen LogP contribution in [0.2, 0.25) is 0 Å². The molecule has 0 saturated heterocycles. The van der Waals surface area contributed by atoms with E-state index >= 15 is 0 Å². The van der Waals surface area contributed by atoms with Crippen molar-refractivity contribution < 1.29 is 14.3 Å². The zero-order valence-corrected chi connectivity index (χ0v) is 11.7. The van der Waals surface area contributed by atoms with Gasteiger partial charge in [0.2, 0.25) is 11.9 Å². The fraction of sp³-hybridized carbons (Fsp3) is 0.231. The number of nitrogens with zero attached hydrogens (tertiary/aromatic N) is 3. The van der Waals surface area contributed by atoms with Crippen LogP contribution in [0, 0.1) is 0 Å². The summed E-state index contributed by atoms with van der Waals surface area (Å²) in [6.45, 7) is 2.57. The lowest BCUT2D eigenvalue weighted by atomic mass is 10.2. The maximum atomic E-state index is 11.0. The number of ether oxygens (including phenoxy) is 2. The van der Waals surface area contributed by atoms with Crippen LogP contribution in [0.4, 0.5) is 5.95 Å². The molecular formula is C13H15N5O3. The van der Waals surface area contributed by atoms with Crippen molar-refractivity contribution in [1.82, 2.24) is 15.0 Å². The van der Waals surface area contributed by atoms with Gasteiger partial charge in [-0.1, -0.05) is 0 Å². The average molecular weight is 289 g/mol. The molecule has 8 nitrogen and oxygen atoms in total. The Labute approximate surface area is 121 Å². The Bertz CT molecular complexity index is 630. The highest BCUT2D eigenvalue weighted by atomic mass is 16.5. The Kier molecular flexibility index (Phi) is 4.50. The number of hydrogen-bond acceptors (Lipinski definition) is 7. The van der Waals surface area contributed by atoms with Crippen LogP contribution in [0.5, 0.6) is 17.8 Å². The molecule has 3 N–H and O–H groups in total. The van der Waals surface area contributed by atoms with Crippen LogP contribution in [-0.2, 0) is 0 Å². The monoisotopic (exact) mass is 289 g/mol. The molecule has 0 unspecified atom stereocenters. The van der Waals surface area contributed by atoms with Crippen LogP contribution in [0.1, 0.15) is 17.3 Å². The van der Waals surface area contributed by atoms with Crippen LogP contribution >= 0.6 is 0 Å². The van der Waals surface area contributed by atoms with E-state index in [1.54, 1.807) is 24.3 Å². The maximum absolute atomic E-state index is 11.0. The molecule has 1 aromatic heterocycles. The number of amides is 1. The number of hydrogen-bond donors (Lipinski definition) is 2. The zero-order chi connectivity index (χ0) is 15.2. The Hall–Kier alpha value is -2.90. The second-order valence-electron chi connectivity index (χ2n) is 3.95. The topological polar surface area (TPSA) is 112 Å². The van der Waals surface area contributed by atoms with E-state index in [1.807, 2.05) is 6.92 Å². The third-order valence-corrected chi connectivity index (χ3v) is 2.46. The van der Waals surface area contributed by atoms with E-state index in [1.165, 1.54) is 7.11 Å². The average Bonchev–Trinajstić information content (AvgIpc) is 2.48. The minimum absolute atomic E-state index is 0.0876. The molecule has 1 aromatic carbocycles. The summed E-state index contributed by atoms with van der Waals surface area (Å²) in [6.07, 6.45) is 0. The summed E-state index contributed by atoms with van der Waals surface area (Å²) in [5, 5.41) is 2.95. The molecule has 0 aliphatic rings. The summed E-state index contributed by atoms with van der Waals surface area (Å²) >= 11 is 0. The van der Waals surface area contributed by atoms with E-state index in [0.717, 1.165) is 0 Å². The number of anilines is 1. The lowest BCUT2D eigenvalue weighted by molar-refractivity contribution is 0.100. The van der Waals surface area contributed by atoms with E-state index in [9.17, 15) is 4.79 Å². The highest BCUT2D eigenvalue weighted by molar-refractivity contribution is 5.92. The Morgan fingerprint density at radius 1 is 1.19 bits per heavy atom. The molecule has 0 aliphatic carbocycles. The third kappa shape index (κ3) is 3.78. The maximum Gasteiger partial charge on any atom is 0.330 e. The van der Waals surface area contributed by atoms with E-state index in [-0.39, 0.29) is 12.0 Å². The largest absolute Gasteiger partial charge is 0.467 e. The molecule has 0 aliphatic heterocycles. The molecular weight excluding hydrogens is 274 g/mol. The molecule has 0 saturated carbocycles. The van der Waals surface area contributed by atoms with Gasteiger partial charge in [0.15, 0.2) is 0 Å². The smallest absolute Gasteiger partial charge is 0.330 e. The highest BCUT2D eigenvalue weighted by Gasteiger charge is 2.09. The fourth-order valence-electron chi connectivity index (χ4n) is 1.50. The summed E-state index contributed by atoms with van der Waals surface area (Å²) in [6, 6.07) is 6.55. The Morgan fingerprint density at radius 3 is 2.43 bits per heavy atom.